The van der Waals surface area contributed by atoms with Gasteiger partial charge in [-0.15, -0.1) is 0 Å². The van der Waals surface area contributed by atoms with Gasteiger partial charge in [-0.1, -0.05) is 11.6 Å². The summed E-state index contributed by atoms with van der Waals surface area (Å²) in [6, 6.07) is 1.11. The van der Waals surface area contributed by atoms with Gasteiger partial charge in [0, 0.05) is 12.1 Å². The van der Waals surface area contributed by atoms with Gasteiger partial charge in [0.15, 0.2) is 0 Å². The van der Waals surface area contributed by atoms with Gasteiger partial charge in [0.1, 0.15) is 10.1 Å². The minimum Gasteiger partial charge on any atom is -0.744 e. The zero-order valence-electron chi connectivity index (χ0n) is 8.69. The van der Waals surface area contributed by atoms with Crippen LogP contribution in [0.2, 0.25) is 5.02 Å². The van der Waals surface area contributed by atoms with Gasteiger partial charge in [-0.05, 0) is 0 Å². The number of hydrogen-bond donors (Lipinski definition) is 0. The van der Waals surface area contributed by atoms with Crippen LogP contribution < -0.4 is 18.9 Å². The van der Waals surface area contributed by atoms with E-state index in [2.05, 4.69) is 0 Å². The van der Waals surface area contributed by atoms with Crippen molar-refractivity contribution in [2.24, 2.45) is 0 Å². The Labute approximate surface area is 117 Å². The Hall–Kier alpha value is -1.18. The Bertz CT molecular complexity index is 581. The average molecular weight is 289 g/mol. The maximum atomic E-state index is 10.8. The predicted octanol–water partition coefficient (Wildman–Crippen LogP) is -1.94. The van der Waals surface area contributed by atoms with Crippen molar-refractivity contribution in [3.63, 3.8) is 0 Å². The summed E-state index contributed by atoms with van der Waals surface area (Å²) in [6.07, 6.45) is 0. The molecule has 0 saturated carbocycles. The maximum Gasteiger partial charge on any atom is 1.00 e. The standard InChI is InChI=1S/C6H3ClN2O7S.Li/c7-3-1-4(8(10)11)6(17(14,15)16)5(2-3)9(12)13;/h1-2H,(H,14,15,16);/q;+1/p-1. The molecule has 18 heavy (non-hydrogen) atoms. The van der Waals surface area contributed by atoms with E-state index in [0.717, 1.165) is 0 Å². The molecular weight excluding hydrogens is 287 g/mol. The molecule has 0 heterocycles. The van der Waals surface area contributed by atoms with Crippen molar-refractivity contribution < 1.29 is 41.7 Å². The van der Waals surface area contributed by atoms with Gasteiger partial charge in [0.05, 0.1) is 14.9 Å². The summed E-state index contributed by atoms with van der Waals surface area (Å²) in [5.74, 6) is 0. The quantitative estimate of drug-likeness (QED) is 0.272. The second-order valence-electron chi connectivity index (χ2n) is 2.74. The van der Waals surface area contributed by atoms with Crippen molar-refractivity contribution >= 4 is 33.1 Å². The first-order valence-corrected chi connectivity index (χ1v) is 5.51. The minimum atomic E-state index is -5.36. The van der Waals surface area contributed by atoms with E-state index in [0.29, 0.717) is 12.1 Å². The molecule has 0 aromatic heterocycles. The molecule has 1 aromatic carbocycles. The van der Waals surface area contributed by atoms with Crippen LogP contribution in [-0.4, -0.2) is 22.8 Å². The number of nitro benzene ring substituents is 2. The van der Waals surface area contributed by atoms with Crippen molar-refractivity contribution in [2.45, 2.75) is 4.90 Å². The molecule has 1 aromatic rings. The molecular formula is C6H2ClLiN2O7S. The van der Waals surface area contributed by atoms with Gasteiger partial charge in [-0.2, -0.15) is 0 Å². The summed E-state index contributed by atoms with van der Waals surface area (Å²) in [6.45, 7) is 0. The monoisotopic (exact) mass is 288 g/mol. The fraction of sp³-hybridized carbons (Fsp3) is 0. The summed E-state index contributed by atoms with van der Waals surface area (Å²) in [5.41, 5.74) is -2.45. The van der Waals surface area contributed by atoms with Crippen LogP contribution in [0.1, 0.15) is 0 Å². The largest absolute Gasteiger partial charge is 1.00 e. The van der Waals surface area contributed by atoms with Crippen LogP contribution in [0, 0.1) is 20.2 Å². The van der Waals surface area contributed by atoms with Crippen LogP contribution in [0.15, 0.2) is 17.0 Å². The maximum absolute atomic E-state index is 10.8. The molecule has 0 spiro atoms. The van der Waals surface area contributed by atoms with E-state index in [4.69, 9.17) is 11.6 Å². The molecule has 0 aliphatic rings. The summed E-state index contributed by atoms with van der Waals surface area (Å²) >= 11 is 5.35. The molecule has 0 N–H and O–H groups in total. The number of rotatable bonds is 3. The van der Waals surface area contributed by atoms with Crippen molar-refractivity contribution in [2.75, 3.05) is 0 Å². The smallest absolute Gasteiger partial charge is 0.744 e. The molecule has 0 unspecified atom stereocenters. The number of nitro groups is 2. The molecule has 0 radical (unpaired) electrons. The second kappa shape index (κ2) is 5.64. The van der Waals surface area contributed by atoms with Gasteiger partial charge in [0.25, 0.3) is 11.4 Å². The van der Waals surface area contributed by atoms with Crippen molar-refractivity contribution in [3.05, 3.63) is 37.4 Å². The van der Waals surface area contributed by atoms with Crippen LogP contribution in [-0.2, 0) is 10.1 Å². The number of nitrogens with zero attached hydrogens (tertiary/aromatic N) is 2. The van der Waals surface area contributed by atoms with Crippen LogP contribution >= 0.6 is 11.6 Å². The molecule has 1 rings (SSSR count). The Morgan fingerprint density at radius 1 is 1.06 bits per heavy atom. The van der Waals surface area contributed by atoms with E-state index >= 15 is 0 Å². The molecule has 0 aliphatic carbocycles. The van der Waals surface area contributed by atoms with Crippen LogP contribution in [0.4, 0.5) is 11.4 Å². The molecule has 0 amide bonds. The van der Waals surface area contributed by atoms with Gasteiger partial charge < -0.3 is 4.55 Å². The van der Waals surface area contributed by atoms with Crippen LogP contribution in [0.5, 0.6) is 0 Å². The first-order chi connectivity index (χ1) is 7.64. The summed E-state index contributed by atoms with van der Waals surface area (Å²) < 4.78 is 32.4. The molecule has 12 heteroatoms. The van der Waals surface area contributed by atoms with Gasteiger partial charge in [-0.25, -0.2) is 8.42 Å². The van der Waals surface area contributed by atoms with Crippen molar-refractivity contribution in [1.82, 2.24) is 0 Å². The molecule has 0 aliphatic heterocycles. The Morgan fingerprint density at radius 2 is 1.39 bits per heavy atom. The third-order valence-corrected chi connectivity index (χ3v) is 2.79. The van der Waals surface area contributed by atoms with E-state index in [1.807, 2.05) is 0 Å². The van der Waals surface area contributed by atoms with E-state index < -0.39 is 41.3 Å². The SMILES string of the molecule is O=[N+]([O-])c1cc(Cl)cc([N+](=O)[O-])c1S(=O)(=O)[O-].[Li+]. The van der Waals surface area contributed by atoms with Crippen LogP contribution in [0.3, 0.4) is 0 Å². The van der Waals surface area contributed by atoms with Crippen LogP contribution in [0.25, 0.3) is 0 Å². The molecule has 0 bridgehead atoms. The first kappa shape index (κ1) is 16.8. The third kappa shape index (κ3) is 3.41. The molecule has 0 saturated heterocycles. The van der Waals surface area contributed by atoms with Crippen molar-refractivity contribution in [3.8, 4) is 0 Å². The Morgan fingerprint density at radius 3 is 1.61 bits per heavy atom. The number of hydrogen-bond acceptors (Lipinski definition) is 7. The molecule has 0 fully saturated rings. The summed E-state index contributed by atoms with van der Waals surface area (Å²) in [5, 5.41) is 20.6. The minimum absolute atomic E-state index is 0. The predicted molar refractivity (Wildman–Crippen MR) is 52.7 cm³/mol. The second-order valence-corrected chi connectivity index (χ2v) is 4.49. The third-order valence-electron chi connectivity index (χ3n) is 1.66. The number of benzene rings is 1. The van der Waals surface area contributed by atoms with E-state index in [9.17, 15) is 33.2 Å². The average Bonchev–Trinajstić information content (AvgIpc) is 2.14. The zero-order valence-corrected chi connectivity index (χ0v) is 10.3. The normalized spacial score (nSPS) is 10.6. The first-order valence-electron chi connectivity index (χ1n) is 3.73. The fourth-order valence-electron chi connectivity index (χ4n) is 1.09. The fourth-order valence-corrected chi connectivity index (χ4v) is 2.08. The molecule has 9 nitrogen and oxygen atoms in total. The van der Waals surface area contributed by atoms with Gasteiger partial charge >= 0.3 is 18.9 Å². The summed E-state index contributed by atoms with van der Waals surface area (Å²) in [7, 11) is -5.36. The van der Waals surface area contributed by atoms with Gasteiger partial charge in [-0.3, -0.25) is 20.2 Å². The van der Waals surface area contributed by atoms with E-state index in [-0.39, 0.29) is 18.9 Å². The zero-order chi connectivity index (χ0) is 13.4. The summed E-state index contributed by atoms with van der Waals surface area (Å²) in [4.78, 5) is 17.1. The molecule has 0 atom stereocenters. The topological polar surface area (TPSA) is 143 Å². The Balaban J connectivity index is 0.00000289. The number of halogens is 1. The van der Waals surface area contributed by atoms with E-state index in [1.165, 1.54) is 0 Å². The van der Waals surface area contributed by atoms with Gasteiger partial charge in [0.2, 0.25) is 4.90 Å². The van der Waals surface area contributed by atoms with Crippen molar-refractivity contribution in [1.29, 1.82) is 0 Å². The molecule has 92 valence electrons. The van der Waals surface area contributed by atoms with E-state index in [1.54, 1.807) is 0 Å². The Kier molecular flexibility index (Phi) is 5.27.